The molecule has 0 heterocycles. The number of aromatic hydroxyl groups is 2. The van der Waals surface area contributed by atoms with Gasteiger partial charge < -0.3 is 15.3 Å². The van der Waals surface area contributed by atoms with Crippen molar-refractivity contribution in [2.45, 2.75) is 32.6 Å². The van der Waals surface area contributed by atoms with E-state index in [0.717, 1.165) is 17.5 Å². The van der Waals surface area contributed by atoms with Gasteiger partial charge in [-0.25, -0.2) is 4.79 Å². The van der Waals surface area contributed by atoms with E-state index < -0.39 is 23.0 Å². The van der Waals surface area contributed by atoms with Gasteiger partial charge in [0.25, 0.3) is 0 Å². The quantitative estimate of drug-likeness (QED) is 0.792. The Morgan fingerprint density at radius 2 is 1.73 bits per heavy atom. The maximum Gasteiger partial charge on any atom is 0.343 e. The van der Waals surface area contributed by atoms with Gasteiger partial charge in [-0.15, -0.1) is 0 Å². The van der Waals surface area contributed by atoms with Crippen molar-refractivity contribution in [3.05, 3.63) is 47.5 Å². The molecule has 0 aliphatic rings. The number of carbonyl (C=O) groups is 1. The smallest absolute Gasteiger partial charge is 0.343 e. The van der Waals surface area contributed by atoms with Crippen LogP contribution < -0.4 is 0 Å². The highest BCUT2D eigenvalue weighted by Crippen LogP contribution is 2.45. The second-order valence-corrected chi connectivity index (χ2v) is 5.95. The monoisotopic (exact) mass is 300 g/mol. The predicted molar refractivity (Wildman–Crippen MR) is 85.5 cm³/mol. The molecule has 0 atom stereocenters. The SMILES string of the molecule is CCC(C)(C)c1cc(O)c(C(=O)O)c(O)c1-c1ccccc1. The highest BCUT2D eigenvalue weighted by molar-refractivity contribution is 5.98. The molecule has 4 nitrogen and oxygen atoms in total. The molecule has 0 radical (unpaired) electrons. The number of hydrogen-bond donors (Lipinski definition) is 3. The third-order valence-corrected chi connectivity index (χ3v) is 4.17. The molecule has 0 aliphatic carbocycles. The van der Waals surface area contributed by atoms with Crippen molar-refractivity contribution in [1.82, 2.24) is 0 Å². The van der Waals surface area contributed by atoms with Gasteiger partial charge in [-0.05, 0) is 29.0 Å². The summed E-state index contributed by atoms with van der Waals surface area (Å²) in [6.45, 7) is 6.00. The lowest BCUT2D eigenvalue weighted by atomic mass is 9.77. The van der Waals surface area contributed by atoms with Gasteiger partial charge in [0.15, 0.2) is 0 Å². The van der Waals surface area contributed by atoms with Crippen molar-refractivity contribution in [1.29, 1.82) is 0 Å². The van der Waals surface area contributed by atoms with Crippen LogP contribution in [0.1, 0.15) is 43.1 Å². The summed E-state index contributed by atoms with van der Waals surface area (Å²) in [4.78, 5) is 11.3. The molecule has 2 aromatic rings. The number of carboxylic acid groups (broad SMARTS) is 1. The fourth-order valence-electron chi connectivity index (χ4n) is 2.49. The summed E-state index contributed by atoms with van der Waals surface area (Å²) in [7, 11) is 0. The predicted octanol–water partition coefficient (Wildman–Crippen LogP) is 4.15. The van der Waals surface area contributed by atoms with Gasteiger partial charge >= 0.3 is 5.97 Å². The van der Waals surface area contributed by atoms with E-state index in [2.05, 4.69) is 0 Å². The van der Waals surface area contributed by atoms with Crippen LogP contribution in [-0.2, 0) is 5.41 Å². The summed E-state index contributed by atoms with van der Waals surface area (Å²) in [6.07, 6.45) is 0.776. The van der Waals surface area contributed by atoms with Crippen molar-refractivity contribution in [2.75, 3.05) is 0 Å². The molecular formula is C18H20O4. The average molecular weight is 300 g/mol. The van der Waals surface area contributed by atoms with Crippen LogP contribution in [0.25, 0.3) is 11.1 Å². The van der Waals surface area contributed by atoms with Crippen molar-refractivity contribution in [2.24, 2.45) is 0 Å². The Kier molecular flexibility index (Phi) is 4.13. The van der Waals surface area contributed by atoms with Crippen LogP contribution in [0.15, 0.2) is 36.4 Å². The number of hydrogen-bond acceptors (Lipinski definition) is 3. The summed E-state index contributed by atoms with van der Waals surface area (Å²) >= 11 is 0. The first-order valence-electron chi connectivity index (χ1n) is 7.17. The van der Waals surface area contributed by atoms with E-state index in [1.165, 1.54) is 6.07 Å². The van der Waals surface area contributed by atoms with Gasteiger partial charge in [0, 0.05) is 5.56 Å². The molecule has 0 aliphatic heterocycles. The minimum absolute atomic E-state index is 0.322. The molecule has 0 saturated heterocycles. The van der Waals surface area contributed by atoms with Crippen molar-refractivity contribution < 1.29 is 20.1 Å². The zero-order chi connectivity index (χ0) is 16.5. The van der Waals surface area contributed by atoms with Crippen LogP contribution in [0.3, 0.4) is 0 Å². The molecule has 0 aromatic heterocycles. The maximum atomic E-state index is 11.3. The Labute approximate surface area is 129 Å². The average Bonchev–Trinajstić information content (AvgIpc) is 2.47. The zero-order valence-electron chi connectivity index (χ0n) is 12.9. The third-order valence-electron chi connectivity index (χ3n) is 4.17. The van der Waals surface area contributed by atoms with Gasteiger partial charge in [-0.1, -0.05) is 51.1 Å². The van der Waals surface area contributed by atoms with Crippen molar-refractivity contribution in [3.8, 4) is 22.6 Å². The fourth-order valence-corrected chi connectivity index (χ4v) is 2.49. The number of phenols is 2. The van der Waals surface area contributed by atoms with E-state index in [0.29, 0.717) is 5.56 Å². The molecule has 0 unspecified atom stereocenters. The van der Waals surface area contributed by atoms with Gasteiger partial charge in [0.2, 0.25) is 0 Å². The second-order valence-electron chi connectivity index (χ2n) is 5.95. The zero-order valence-corrected chi connectivity index (χ0v) is 12.9. The van der Waals surface area contributed by atoms with Crippen LogP contribution in [-0.4, -0.2) is 21.3 Å². The normalized spacial score (nSPS) is 11.4. The molecule has 22 heavy (non-hydrogen) atoms. The molecule has 3 N–H and O–H groups in total. The Balaban J connectivity index is 2.88. The fraction of sp³-hybridized carbons (Fsp3) is 0.278. The Morgan fingerprint density at radius 1 is 1.14 bits per heavy atom. The van der Waals surface area contributed by atoms with Gasteiger partial charge in [-0.2, -0.15) is 0 Å². The van der Waals surface area contributed by atoms with Crippen LogP contribution in [0.2, 0.25) is 0 Å². The topological polar surface area (TPSA) is 77.8 Å². The molecule has 2 aromatic carbocycles. The molecular weight excluding hydrogens is 280 g/mol. The van der Waals surface area contributed by atoms with E-state index in [-0.39, 0.29) is 5.41 Å². The van der Waals surface area contributed by atoms with Crippen molar-refractivity contribution in [3.63, 3.8) is 0 Å². The summed E-state index contributed by atoms with van der Waals surface area (Å²) in [5.74, 6) is -2.16. The first kappa shape index (κ1) is 15.9. The highest BCUT2D eigenvalue weighted by atomic mass is 16.4. The number of carboxylic acids is 1. The van der Waals surface area contributed by atoms with Gasteiger partial charge in [0.1, 0.15) is 17.1 Å². The Bertz CT molecular complexity index is 703. The third kappa shape index (κ3) is 2.64. The molecule has 0 bridgehead atoms. The van der Waals surface area contributed by atoms with Crippen LogP contribution in [0.4, 0.5) is 0 Å². The van der Waals surface area contributed by atoms with Crippen LogP contribution in [0, 0.1) is 0 Å². The van der Waals surface area contributed by atoms with Crippen LogP contribution in [0.5, 0.6) is 11.5 Å². The molecule has 116 valence electrons. The summed E-state index contributed by atoms with van der Waals surface area (Å²) in [5, 5.41) is 29.8. The Morgan fingerprint density at radius 3 is 2.23 bits per heavy atom. The van der Waals surface area contributed by atoms with E-state index >= 15 is 0 Å². The molecule has 4 heteroatoms. The summed E-state index contributed by atoms with van der Waals surface area (Å²) in [5.41, 5.74) is 1.12. The Hall–Kier alpha value is -2.49. The molecule has 0 saturated carbocycles. The summed E-state index contributed by atoms with van der Waals surface area (Å²) in [6, 6.07) is 10.6. The maximum absolute atomic E-state index is 11.3. The minimum Gasteiger partial charge on any atom is -0.507 e. The van der Waals surface area contributed by atoms with E-state index in [4.69, 9.17) is 0 Å². The first-order chi connectivity index (χ1) is 10.3. The molecule has 0 fully saturated rings. The lowest BCUT2D eigenvalue weighted by Gasteiger charge is -2.28. The molecule has 0 amide bonds. The number of aromatic carboxylic acids is 1. The molecule has 0 spiro atoms. The summed E-state index contributed by atoms with van der Waals surface area (Å²) < 4.78 is 0. The molecule has 2 rings (SSSR count). The standard InChI is InChI=1S/C18H20O4/c1-4-18(2,3)12-10-13(19)15(17(21)22)16(20)14(12)11-8-6-5-7-9-11/h5-10,19-20H,4H2,1-3H3,(H,21,22). The van der Waals surface area contributed by atoms with Crippen molar-refractivity contribution >= 4 is 5.97 Å². The number of rotatable bonds is 4. The number of benzene rings is 2. The van der Waals surface area contributed by atoms with Gasteiger partial charge in [-0.3, -0.25) is 0 Å². The second kappa shape index (κ2) is 5.72. The highest BCUT2D eigenvalue weighted by Gasteiger charge is 2.29. The van der Waals surface area contributed by atoms with Crippen LogP contribution >= 0.6 is 0 Å². The minimum atomic E-state index is -1.35. The lowest BCUT2D eigenvalue weighted by molar-refractivity contribution is 0.0690. The van der Waals surface area contributed by atoms with E-state index in [9.17, 15) is 20.1 Å². The van der Waals surface area contributed by atoms with E-state index in [1.807, 2.05) is 51.1 Å². The van der Waals surface area contributed by atoms with E-state index in [1.54, 1.807) is 0 Å². The largest absolute Gasteiger partial charge is 0.507 e. The first-order valence-corrected chi connectivity index (χ1v) is 7.17. The van der Waals surface area contributed by atoms with Gasteiger partial charge in [0.05, 0.1) is 0 Å². The lowest BCUT2D eigenvalue weighted by Crippen LogP contribution is -2.17.